The summed E-state index contributed by atoms with van der Waals surface area (Å²) in [6.45, 7) is 0.917. The highest BCUT2D eigenvalue weighted by Crippen LogP contribution is 2.29. The summed E-state index contributed by atoms with van der Waals surface area (Å²) in [6.07, 6.45) is 5.96. The molecule has 1 heterocycles. The Morgan fingerprint density at radius 2 is 2.00 bits per heavy atom. The molecule has 0 spiro atoms. The van der Waals surface area contributed by atoms with E-state index in [0.29, 0.717) is 11.7 Å². The number of nitrogens with one attached hydrogen (secondary N) is 1. The van der Waals surface area contributed by atoms with Gasteiger partial charge in [-0.05, 0) is 18.8 Å². The van der Waals surface area contributed by atoms with Crippen molar-refractivity contribution < 1.29 is 4.79 Å². The Labute approximate surface area is 67.4 Å². The van der Waals surface area contributed by atoms with Crippen molar-refractivity contribution in [2.45, 2.75) is 38.1 Å². The van der Waals surface area contributed by atoms with E-state index in [4.69, 9.17) is 0 Å². The number of rotatable bonds is 1. The minimum Gasteiger partial charge on any atom is -0.307 e. The molecule has 0 aromatic heterocycles. The first-order valence-electron chi connectivity index (χ1n) is 4.64. The van der Waals surface area contributed by atoms with E-state index in [2.05, 4.69) is 5.32 Å². The van der Waals surface area contributed by atoms with Crippen LogP contribution in [0.25, 0.3) is 0 Å². The molecule has 0 amide bonds. The topological polar surface area (TPSA) is 29.1 Å². The molecule has 1 saturated heterocycles. The summed E-state index contributed by atoms with van der Waals surface area (Å²) in [5.74, 6) is 1.13. The Kier molecular flexibility index (Phi) is 1.95. The minimum absolute atomic E-state index is 0.234. The van der Waals surface area contributed by atoms with Gasteiger partial charge in [0, 0.05) is 13.0 Å². The largest absolute Gasteiger partial charge is 0.307 e. The average Bonchev–Trinajstić information content (AvgIpc) is 2.55. The second kappa shape index (κ2) is 2.94. The Balaban J connectivity index is 1.97. The first-order valence-corrected chi connectivity index (χ1v) is 4.64. The van der Waals surface area contributed by atoms with E-state index in [1.165, 1.54) is 25.7 Å². The van der Waals surface area contributed by atoms with Crippen molar-refractivity contribution in [3.05, 3.63) is 0 Å². The molecular weight excluding hydrogens is 138 g/mol. The van der Waals surface area contributed by atoms with E-state index < -0.39 is 0 Å². The van der Waals surface area contributed by atoms with Gasteiger partial charge in [0.1, 0.15) is 0 Å². The van der Waals surface area contributed by atoms with Crippen molar-refractivity contribution in [3.8, 4) is 0 Å². The van der Waals surface area contributed by atoms with E-state index in [-0.39, 0.29) is 6.04 Å². The molecular formula is C9H15NO. The van der Waals surface area contributed by atoms with Gasteiger partial charge in [-0.15, -0.1) is 0 Å². The third kappa shape index (κ3) is 1.32. The predicted octanol–water partition coefficient (Wildman–Crippen LogP) is 1.11. The summed E-state index contributed by atoms with van der Waals surface area (Å²) in [5, 5.41) is 3.30. The Morgan fingerprint density at radius 1 is 1.27 bits per heavy atom. The molecule has 0 aromatic carbocycles. The molecule has 2 heteroatoms. The van der Waals surface area contributed by atoms with Crippen LogP contribution in [0.5, 0.6) is 0 Å². The lowest BCUT2D eigenvalue weighted by atomic mass is 9.96. The summed E-state index contributed by atoms with van der Waals surface area (Å²) in [4.78, 5) is 11.3. The first kappa shape index (κ1) is 7.29. The van der Waals surface area contributed by atoms with Gasteiger partial charge in [0.2, 0.25) is 0 Å². The van der Waals surface area contributed by atoms with Gasteiger partial charge in [-0.2, -0.15) is 0 Å². The van der Waals surface area contributed by atoms with Crippen molar-refractivity contribution in [3.63, 3.8) is 0 Å². The summed E-state index contributed by atoms with van der Waals surface area (Å²) < 4.78 is 0. The van der Waals surface area contributed by atoms with Gasteiger partial charge >= 0.3 is 0 Å². The third-order valence-corrected chi connectivity index (χ3v) is 2.95. The lowest BCUT2D eigenvalue weighted by molar-refractivity contribution is -0.119. The molecule has 1 aliphatic heterocycles. The fourth-order valence-corrected chi connectivity index (χ4v) is 2.34. The smallest absolute Gasteiger partial charge is 0.151 e. The van der Waals surface area contributed by atoms with Crippen LogP contribution in [0, 0.1) is 5.92 Å². The van der Waals surface area contributed by atoms with Crippen molar-refractivity contribution >= 4 is 5.78 Å². The Hall–Kier alpha value is -0.370. The molecule has 0 bridgehead atoms. The zero-order valence-electron chi connectivity index (χ0n) is 6.81. The highest BCUT2D eigenvalue weighted by Gasteiger charge is 2.32. The lowest BCUT2D eigenvalue weighted by Crippen LogP contribution is -2.33. The maximum atomic E-state index is 11.3. The van der Waals surface area contributed by atoms with Crippen molar-refractivity contribution in [2.24, 2.45) is 5.92 Å². The maximum Gasteiger partial charge on any atom is 0.151 e. The van der Waals surface area contributed by atoms with Gasteiger partial charge in [0.05, 0.1) is 6.04 Å². The van der Waals surface area contributed by atoms with E-state index in [9.17, 15) is 4.79 Å². The highest BCUT2D eigenvalue weighted by atomic mass is 16.1. The average molecular weight is 153 g/mol. The van der Waals surface area contributed by atoms with Crippen LogP contribution in [0.3, 0.4) is 0 Å². The number of hydrogen-bond donors (Lipinski definition) is 1. The number of ketones is 1. The summed E-state index contributed by atoms with van der Waals surface area (Å²) in [5.41, 5.74) is 0. The summed E-state index contributed by atoms with van der Waals surface area (Å²) in [6, 6.07) is 0.234. The molecule has 1 aliphatic carbocycles. The molecule has 2 aliphatic rings. The standard InChI is InChI=1S/C9H15NO/c11-8-5-6-10-9(8)7-3-1-2-4-7/h7,9-10H,1-6H2. The van der Waals surface area contributed by atoms with Crippen LogP contribution in [0.1, 0.15) is 32.1 Å². The zero-order valence-corrected chi connectivity index (χ0v) is 6.81. The monoisotopic (exact) mass is 153 g/mol. The van der Waals surface area contributed by atoms with Crippen LogP contribution in [-0.4, -0.2) is 18.4 Å². The van der Waals surface area contributed by atoms with E-state index in [1.54, 1.807) is 0 Å². The molecule has 1 unspecified atom stereocenters. The zero-order chi connectivity index (χ0) is 7.68. The Bertz CT molecular complexity index is 161. The SMILES string of the molecule is O=C1CCNC1C1CCCC1. The minimum atomic E-state index is 0.234. The molecule has 1 saturated carbocycles. The highest BCUT2D eigenvalue weighted by molar-refractivity contribution is 5.86. The van der Waals surface area contributed by atoms with Gasteiger partial charge in [0.15, 0.2) is 5.78 Å². The second-order valence-electron chi connectivity index (χ2n) is 3.69. The fourth-order valence-electron chi connectivity index (χ4n) is 2.34. The van der Waals surface area contributed by atoms with Crippen LogP contribution in [0.4, 0.5) is 0 Å². The summed E-state index contributed by atoms with van der Waals surface area (Å²) in [7, 11) is 0. The van der Waals surface area contributed by atoms with Crippen LogP contribution in [0.15, 0.2) is 0 Å². The van der Waals surface area contributed by atoms with E-state index in [1.807, 2.05) is 0 Å². The first-order chi connectivity index (χ1) is 5.38. The van der Waals surface area contributed by atoms with E-state index in [0.717, 1.165) is 13.0 Å². The molecule has 2 fully saturated rings. The molecule has 2 rings (SSSR count). The second-order valence-corrected chi connectivity index (χ2v) is 3.69. The van der Waals surface area contributed by atoms with Crippen LogP contribution in [0.2, 0.25) is 0 Å². The fraction of sp³-hybridized carbons (Fsp3) is 0.889. The van der Waals surface area contributed by atoms with Crippen molar-refractivity contribution in [1.29, 1.82) is 0 Å². The number of hydrogen-bond acceptors (Lipinski definition) is 2. The predicted molar refractivity (Wildman–Crippen MR) is 43.4 cm³/mol. The van der Waals surface area contributed by atoms with Crippen molar-refractivity contribution in [2.75, 3.05) is 6.54 Å². The van der Waals surface area contributed by atoms with Gasteiger partial charge in [0.25, 0.3) is 0 Å². The number of carbonyl (C=O) groups is 1. The molecule has 1 N–H and O–H groups in total. The molecule has 11 heavy (non-hydrogen) atoms. The van der Waals surface area contributed by atoms with E-state index >= 15 is 0 Å². The van der Waals surface area contributed by atoms with Crippen LogP contribution >= 0.6 is 0 Å². The third-order valence-electron chi connectivity index (χ3n) is 2.95. The van der Waals surface area contributed by atoms with Gasteiger partial charge in [-0.25, -0.2) is 0 Å². The lowest BCUT2D eigenvalue weighted by Gasteiger charge is -2.15. The number of carbonyl (C=O) groups excluding carboxylic acids is 1. The summed E-state index contributed by atoms with van der Waals surface area (Å²) >= 11 is 0. The van der Waals surface area contributed by atoms with Gasteiger partial charge in [-0.3, -0.25) is 4.79 Å². The van der Waals surface area contributed by atoms with Gasteiger partial charge < -0.3 is 5.32 Å². The molecule has 0 radical (unpaired) electrons. The van der Waals surface area contributed by atoms with Crippen molar-refractivity contribution in [1.82, 2.24) is 5.32 Å². The quantitative estimate of drug-likeness (QED) is 0.611. The number of Topliss-reactive ketones (excluding diaryl/α,β-unsaturated/α-hetero) is 1. The van der Waals surface area contributed by atoms with Crippen LogP contribution in [-0.2, 0) is 4.79 Å². The molecule has 0 aromatic rings. The van der Waals surface area contributed by atoms with Gasteiger partial charge in [-0.1, -0.05) is 12.8 Å². The van der Waals surface area contributed by atoms with Crippen LogP contribution < -0.4 is 5.32 Å². The molecule has 1 atom stereocenters. The molecule has 2 nitrogen and oxygen atoms in total. The molecule has 62 valence electrons. The normalized spacial score (nSPS) is 33.5. The maximum absolute atomic E-state index is 11.3. The Morgan fingerprint density at radius 3 is 2.55 bits per heavy atom.